The lowest BCUT2D eigenvalue weighted by Crippen LogP contribution is -2.05. The van der Waals surface area contributed by atoms with Gasteiger partial charge in [0.05, 0.1) is 11.4 Å². The minimum atomic E-state index is 0.0725. The Morgan fingerprint density at radius 1 is 1.12 bits per heavy atom. The third-order valence-corrected chi connectivity index (χ3v) is 5.11. The van der Waals surface area contributed by atoms with Crippen LogP contribution in [0.5, 0.6) is 0 Å². The Labute approximate surface area is 151 Å². The van der Waals surface area contributed by atoms with Gasteiger partial charge in [0.2, 0.25) is 5.16 Å². The van der Waals surface area contributed by atoms with Gasteiger partial charge in [-0.15, -0.1) is 5.10 Å². The van der Waals surface area contributed by atoms with Crippen LogP contribution in [0.15, 0.2) is 59.8 Å². The van der Waals surface area contributed by atoms with E-state index in [-0.39, 0.29) is 5.78 Å². The molecule has 6 heteroatoms. The summed E-state index contributed by atoms with van der Waals surface area (Å²) < 4.78 is 1.64. The van der Waals surface area contributed by atoms with Crippen molar-refractivity contribution < 1.29 is 4.79 Å². The molecule has 0 spiro atoms. The standard InChI is InChI=1S/C19H20N4OS/c1-3-14(2)15-9-11-16(12-10-15)18(24)13-25-19-20-21-22-23(19)17-7-5-4-6-8-17/h4-12,14H,3,13H2,1-2H3. The van der Waals surface area contributed by atoms with Crippen molar-refractivity contribution in [2.45, 2.75) is 31.3 Å². The van der Waals surface area contributed by atoms with Crippen LogP contribution in [0.4, 0.5) is 0 Å². The highest BCUT2D eigenvalue weighted by atomic mass is 32.2. The van der Waals surface area contributed by atoms with Crippen LogP contribution in [-0.4, -0.2) is 31.7 Å². The molecule has 0 aliphatic rings. The van der Waals surface area contributed by atoms with E-state index in [1.54, 1.807) is 4.68 Å². The number of tetrazole rings is 1. The first-order valence-electron chi connectivity index (χ1n) is 8.28. The fraction of sp³-hybridized carbons (Fsp3) is 0.263. The average molecular weight is 352 g/mol. The number of hydrogen-bond donors (Lipinski definition) is 0. The molecule has 0 aliphatic heterocycles. The van der Waals surface area contributed by atoms with Crippen molar-refractivity contribution in [1.29, 1.82) is 0 Å². The molecule has 0 aliphatic carbocycles. The summed E-state index contributed by atoms with van der Waals surface area (Å²) in [6, 6.07) is 17.5. The van der Waals surface area contributed by atoms with Crippen molar-refractivity contribution in [1.82, 2.24) is 20.2 Å². The normalized spacial score (nSPS) is 12.1. The van der Waals surface area contributed by atoms with E-state index in [1.165, 1.54) is 17.3 Å². The van der Waals surface area contributed by atoms with Crippen molar-refractivity contribution in [3.05, 3.63) is 65.7 Å². The third kappa shape index (κ3) is 4.14. The van der Waals surface area contributed by atoms with Crippen molar-refractivity contribution in [2.75, 3.05) is 5.75 Å². The second kappa shape index (κ2) is 8.07. The van der Waals surface area contributed by atoms with Gasteiger partial charge >= 0.3 is 0 Å². The van der Waals surface area contributed by atoms with Gasteiger partial charge in [-0.1, -0.05) is 68.1 Å². The highest BCUT2D eigenvalue weighted by Crippen LogP contribution is 2.21. The van der Waals surface area contributed by atoms with Crippen LogP contribution in [-0.2, 0) is 0 Å². The molecule has 1 aromatic heterocycles. The molecule has 0 saturated carbocycles. The fourth-order valence-electron chi connectivity index (χ4n) is 2.45. The monoisotopic (exact) mass is 352 g/mol. The summed E-state index contributed by atoms with van der Waals surface area (Å²) >= 11 is 1.34. The van der Waals surface area contributed by atoms with Crippen LogP contribution >= 0.6 is 11.8 Å². The van der Waals surface area contributed by atoms with E-state index in [0.29, 0.717) is 16.8 Å². The lowest BCUT2D eigenvalue weighted by atomic mass is 9.97. The van der Waals surface area contributed by atoms with Crippen LogP contribution in [0.25, 0.3) is 5.69 Å². The van der Waals surface area contributed by atoms with Gasteiger partial charge in [0.25, 0.3) is 0 Å². The Morgan fingerprint density at radius 3 is 2.52 bits per heavy atom. The molecule has 1 heterocycles. The molecule has 1 atom stereocenters. The summed E-state index contributed by atoms with van der Waals surface area (Å²) in [4.78, 5) is 12.4. The van der Waals surface area contributed by atoms with Crippen molar-refractivity contribution >= 4 is 17.5 Å². The topological polar surface area (TPSA) is 60.7 Å². The fourth-order valence-corrected chi connectivity index (χ4v) is 3.23. The summed E-state index contributed by atoms with van der Waals surface area (Å²) in [7, 11) is 0. The Kier molecular flexibility index (Phi) is 5.60. The number of ketones is 1. The predicted octanol–water partition coefficient (Wildman–Crippen LogP) is 4.15. The van der Waals surface area contributed by atoms with E-state index in [2.05, 4.69) is 29.4 Å². The van der Waals surface area contributed by atoms with Gasteiger partial charge in [-0.05, 0) is 40.5 Å². The van der Waals surface area contributed by atoms with Gasteiger partial charge < -0.3 is 0 Å². The molecule has 0 amide bonds. The zero-order valence-corrected chi connectivity index (χ0v) is 15.1. The Balaban J connectivity index is 1.66. The maximum atomic E-state index is 12.4. The number of benzene rings is 2. The zero-order chi connectivity index (χ0) is 17.6. The van der Waals surface area contributed by atoms with Gasteiger partial charge in [0.1, 0.15) is 0 Å². The van der Waals surface area contributed by atoms with Crippen LogP contribution < -0.4 is 0 Å². The second-order valence-corrected chi connectivity index (χ2v) is 6.79. The summed E-state index contributed by atoms with van der Waals surface area (Å²) in [6.45, 7) is 4.35. The molecule has 0 fully saturated rings. The van der Waals surface area contributed by atoms with E-state index < -0.39 is 0 Å². The van der Waals surface area contributed by atoms with Gasteiger partial charge in [-0.3, -0.25) is 4.79 Å². The number of para-hydroxylation sites is 1. The second-order valence-electron chi connectivity index (χ2n) is 5.85. The molecule has 0 bridgehead atoms. The number of Topliss-reactive ketones (excluding diaryl/α,β-unsaturated/α-hetero) is 1. The van der Waals surface area contributed by atoms with Crippen molar-refractivity contribution in [3.8, 4) is 5.69 Å². The number of thioether (sulfide) groups is 1. The van der Waals surface area contributed by atoms with Crippen LogP contribution in [0.3, 0.4) is 0 Å². The number of rotatable bonds is 7. The number of aromatic nitrogens is 4. The first-order valence-corrected chi connectivity index (χ1v) is 9.27. The molecular formula is C19H20N4OS. The molecule has 2 aromatic carbocycles. The highest BCUT2D eigenvalue weighted by molar-refractivity contribution is 7.99. The molecule has 128 valence electrons. The van der Waals surface area contributed by atoms with Crippen LogP contribution in [0.1, 0.15) is 42.1 Å². The third-order valence-electron chi connectivity index (χ3n) is 4.19. The largest absolute Gasteiger partial charge is 0.293 e. The molecule has 3 aromatic rings. The van der Waals surface area contributed by atoms with Gasteiger partial charge in [0, 0.05) is 5.56 Å². The number of carbonyl (C=O) groups excluding carboxylic acids is 1. The lowest BCUT2D eigenvalue weighted by molar-refractivity contribution is 0.102. The predicted molar refractivity (Wildman–Crippen MR) is 99.4 cm³/mol. The quantitative estimate of drug-likeness (QED) is 0.472. The molecule has 0 N–H and O–H groups in total. The van der Waals surface area contributed by atoms with Crippen LogP contribution in [0, 0.1) is 0 Å². The minimum Gasteiger partial charge on any atom is -0.293 e. The lowest BCUT2D eigenvalue weighted by Gasteiger charge is -2.09. The summed E-state index contributed by atoms with van der Waals surface area (Å²) in [5.41, 5.74) is 2.86. The minimum absolute atomic E-state index is 0.0725. The van der Waals surface area contributed by atoms with Crippen molar-refractivity contribution in [2.24, 2.45) is 0 Å². The van der Waals surface area contributed by atoms with Gasteiger partial charge in [-0.2, -0.15) is 4.68 Å². The Bertz CT molecular complexity index is 830. The van der Waals surface area contributed by atoms with Gasteiger partial charge in [0.15, 0.2) is 5.78 Å². The maximum absolute atomic E-state index is 12.4. The van der Waals surface area contributed by atoms with E-state index in [4.69, 9.17) is 0 Å². The Morgan fingerprint density at radius 2 is 1.84 bits per heavy atom. The van der Waals surface area contributed by atoms with Crippen LogP contribution in [0.2, 0.25) is 0 Å². The number of nitrogens with zero attached hydrogens (tertiary/aromatic N) is 4. The van der Waals surface area contributed by atoms with Gasteiger partial charge in [-0.25, -0.2) is 0 Å². The molecule has 1 unspecified atom stereocenters. The van der Waals surface area contributed by atoms with E-state index in [0.717, 1.165) is 17.7 Å². The van der Waals surface area contributed by atoms with E-state index in [1.807, 2.05) is 54.6 Å². The molecule has 3 rings (SSSR count). The molecule has 25 heavy (non-hydrogen) atoms. The highest BCUT2D eigenvalue weighted by Gasteiger charge is 2.13. The average Bonchev–Trinajstić information content (AvgIpc) is 3.15. The molecule has 5 nitrogen and oxygen atoms in total. The van der Waals surface area contributed by atoms with Crippen molar-refractivity contribution in [3.63, 3.8) is 0 Å². The smallest absolute Gasteiger partial charge is 0.214 e. The first-order chi connectivity index (χ1) is 12.2. The van der Waals surface area contributed by atoms with E-state index in [9.17, 15) is 4.79 Å². The SMILES string of the molecule is CCC(C)c1ccc(C(=O)CSc2nnnn2-c2ccccc2)cc1. The Hall–Kier alpha value is -2.47. The van der Waals surface area contributed by atoms with E-state index >= 15 is 0 Å². The summed E-state index contributed by atoms with van der Waals surface area (Å²) in [5.74, 6) is 0.882. The first kappa shape index (κ1) is 17.4. The summed E-state index contributed by atoms with van der Waals surface area (Å²) in [5, 5.41) is 12.3. The molecule has 0 radical (unpaired) electrons. The number of carbonyl (C=O) groups is 1. The maximum Gasteiger partial charge on any atom is 0.214 e. The zero-order valence-electron chi connectivity index (χ0n) is 14.3. The molecular weight excluding hydrogens is 332 g/mol. The molecule has 0 saturated heterocycles. The summed E-state index contributed by atoms with van der Waals surface area (Å²) in [6.07, 6.45) is 1.09. The number of hydrogen-bond acceptors (Lipinski definition) is 5.